The molecule has 0 spiro atoms. The first-order valence-corrected chi connectivity index (χ1v) is 6.70. The summed E-state index contributed by atoms with van der Waals surface area (Å²) in [6.45, 7) is 1.85. The molecule has 0 aromatic heterocycles. The fourth-order valence-electron chi connectivity index (χ4n) is 1.94. The van der Waals surface area contributed by atoms with Gasteiger partial charge in [-0.15, -0.1) is 0 Å². The predicted molar refractivity (Wildman–Crippen MR) is 84.1 cm³/mol. The van der Waals surface area contributed by atoms with Gasteiger partial charge in [0.15, 0.2) is 0 Å². The molecule has 1 amide bonds. The van der Waals surface area contributed by atoms with E-state index in [2.05, 4.69) is 5.32 Å². The van der Waals surface area contributed by atoms with E-state index in [1.165, 1.54) is 0 Å². The number of carbonyl (C=O) groups excluding carboxylic acids is 1. The zero-order valence-corrected chi connectivity index (χ0v) is 12.1. The number of nitrogens with one attached hydrogen (secondary N) is 1. The Bertz CT molecular complexity index is 644. The van der Waals surface area contributed by atoms with Gasteiger partial charge in [0.25, 0.3) is 0 Å². The molecule has 1 unspecified atom stereocenters. The molecule has 106 valence electrons. The number of benzene rings is 2. The van der Waals surface area contributed by atoms with Crippen molar-refractivity contribution in [2.45, 2.75) is 13.0 Å². The third-order valence-corrected chi connectivity index (χ3v) is 3.41. The van der Waals surface area contributed by atoms with Crippen LogP contribution in [0.25, 0.3) is 0 Å². The first kappa shape index (κ1) is 14.6. The second-order valence-electron chi connectivity index (χ2n) is 4.80. The number of hydrogen-bond donors (Lipinski definition) is 1. The van der Waals surface area contributed by atoms with Crippen LogP contribution in [0.4, 0.5) is 11.4 Å². The zero-order chi connectivity index (χ0) is 15.2. The van der Waals surface area contributed by atoms with Gasteiger partial charge in [0.05, 0.1) is 11.6 Å². The van der Waals surface area contributed by atoms with Crippen LogP contribution in [0.3, 0.4) is 0 Å². The topological polar surface area (TPSA) is 56.1 Å². The molecule has 0 aliphatic carbocycles. The van der Waals surface area contributed by atoms with Gasteiger partial charge in [0.2, 0.25) is 5.91 Å². The smallest absolute Gasteiger partial charge is 0.246 e. The number of para-hydroxylation sites is 1. The van der Waals surface area contributed by atoms with Crippen molar-refractivity contribution in [2.24, 2.45) is 0 Å². The van der Waals surface area contributed by atoms with E-state index in [0.717, 1.165) is 5.69 Å². The van der Waals surface area contributed by atoms with Gasteiger partial charge in [-0.3, -0.25) is 4.79 Å². The van der Waals surface area contributed by atoms with Gasteiger partial charge < -0.3 is 10.2 Å². The molecular formula is C17H17N3O. The number of anilines is 2. The number of amides is 1. The second-order valence-corrected chi connectivity index (χ2v) is 4.80. The molecule has 21 heavy (non-hydrogen) atoms. The van der Waals surface area contributed by atoms with Gasteiger partial charge in [-0.25, -0.2) is 0 Å². The highest BCUT2D eigenvalue weighted by atomic mass is 16.2. The second kappa shape index (κ2) is 6.58. The molecule has 0 aliphatic rings. The maximum Gasteiger partial charge on any atom is 0.246 e. The Morgan fingerprint density at radius 3 is 2.33 bits per heavy atom. The summed E-state index contributed by atoms with van der Waals surface area (Å²) in [7, 11) is 1.89. The van der Waals surface area contributed by atoms with Gasteiger partial charge in [-0.2, -0.15) is 5.26 Å². The van der Waals surface area contributed by atoms with Crippen LogP contribution in [-0.4, -0.2) is 19.0 Å². The maximum atomic E-state index is 12.3. The zero-order valence-electron chi connectivity index (χ0n) is 12.1. The average Bonchev–Trinajstić information content (AvgIpc) is 2.55. The number of likely N-dealkylation sites (N-methyl/N-ethyl adjacent to an activating group) is 1. The molecule has 4 heteroatoms. The van der Waals surface area contributed by atoms with Crippen molar-refractivity contribution in [2.75, 3.05) is 17.3 Å². The van der Waals surface area contributed by atoms with E-state index in [-0.39, 0.29) is 11.9 Å². The molecule has 1 atom stereocenters. The first-order chi connectivity index (χ1) is 10.1. The average molecular weight is 279 g/mol. The highest BCUT2D eigenvalue weighted by molar-refractivity contribution is 5.96. The van der Waals surface area contributed by atoms with Crippen LogP contribution in [0.1, 0.15) is 12.5 Å². The molecule has 2 aromatic rings. The Morgan fingerprint density at radius 2 is 1.76 bits per heavy atom. The summed E-state index contributed by atoms with van der Waals surface area (Å²) >= 11 is 0. The van der Waals surface area contributed by atoms with Crippen LogP contribution >= 0.6 is 0 Å². The lowest BCUT2D eigenvalue weighted by atomic mass is 10.2. The van der Waals surface area contributed by atoms with Crippen LogP contribution in [-0.2, 0) is 4.79 Å². The summed E-state index contributed by atoms with van der Waals surface area (Å²) in [4.78, 5) is 14.2. The standard InChI is InChI=1S/C17H17N3O/c1-13(20(2)16-6-4-3-5-7-16)17(21)19-15-10-8-14(12-18)9-11-15/h3-11,13H,1-2H3,(H,19,21). The normalized spacial score (nSPS) is 11.3. The molecule has 0 fully saturated rings. The van der Waals surface area contributed by atoms with Crippen LogP contribution in [0, 0.1) is 11.3 Å². The van der Waals surface area contributed by atoms with Crippen molar-refractivity contribution in [3.63, 3.8) is 0 Å². The lowest BCUT2D eigenvalue weighted by Crippen LogP contribution is -2.39. The molecule has 0 bridgehead atoms. The van der Waals surface area contributed by atoms with Gasteiger partial charge in [0.1, 0.15) is 6.04 Å². The summed E-state index contributed by atoms with van der Waals surface area (Å²) in [5.74, 6) is -0.0916. The van der Waals surface area contributed by atoms with Crippen LogP contribution < -0.4 is 10.2 Å². The highest BCUT2D eigenvalue weighted by Crippen LogP contribution is 2.16. The molecule has 0 aliphatic heterocycles. The third-order valence-electron chi connectivity index (χ3n) is 3.41. The van der Waals surface area contributed by atoms with E-state index in [0.29, 0.717) is 11.3 Å². The summed E-state index contributed by atoms with van der Waals surface area (Å²) in [6.07, 6.45) is 0. The number of nitriles is 1. The van der Waals surface area contributed by atoms with E-state index >= 15 is 0 Å². The Labute approximate surface area is 124 Å². The van der Waals surface area contributed by atoms with Crippen molar-refractivity contribution in [1.29, 1.82) is 5.26 Å². The lowest BCUT2D eigenvalue weighted by Gasteiger charge is -2.26. The molecule has 0 heterocycles. The van der Waals surface area contributed by atoms with Crippen molar-refractivity contribution in [3.05, 3.63) is 60.2 Å². The molecule has 0 saturated heterocycles. The molecule has 4 nitrogen and oxygen atoms in total. The number of hydrogen-bond acceptors (Lipinski definition) is 3. The number of carbonyl (C=O) groups is 1. The molecule has 2 rings (SSSR count). The molecule has 0 saturated carbocycles. The lowest BCUT2D eigenvalue weighted by molar-refractivity contribution is -0.117. The van der Waals surface area contributed by atoms with E-state index in [9.17, 15) is 4.79 Å². The monoisotopic (exact) mass is 279 g/mol. The van der Waals surface area contributed by atoms with Crippen molar-refractivity contribution in [1.82, 2.24) is 0 Å². The summed E-state index contributed by atoms with van der Waals surface area (Å²) in [6, 6.07) is 18.3. The van der Waals surface area contributed by atoms with E-state index in [1.54, 1.807) is 24.3 Å². The van der Waals surface area contributed by atoms with Crippen LogP contribution in [0.15, 0.2) is 54.6 Å². The highest BCUT2D eigenvalue weighted by Gasteiger charge is 2.18. The Balaban J connectivity index is 2.04. The largest absolute Gasteiger partial charge is 0.363 e. The van der Waals surface area contributed by atoms with E-state index < -0.39 is 0 Å². The Morgan fingerprint density at radius 1 is 1.14 bits per heavy atom. The SMILES string of the molecule is CC(C(=O)Nc1ccc(C#N)cc1)N(C)c1ccccc1. The Hall–Kier alpha value is -2.80. The van der Waals surface area contributed by atoms with Crippen molar-refractivity contribution >= 4 is 17.3 Å². The fourth-order valence-corrected chi connectivity index (χ4v) is 1.94. The third kappa shape index (κ3) is 3.61. The summed E-state index contributed by atoms with van der Waals surface area (Å²) < 4.78 is 0. The first-order valence-electron chi connectivity index (χ1n) is 6.70. The molecule has 0 radical (unpaired) electrons. The number of rotatable bonds is 4. The molecule has 2 aromatic carbocycles. The Kier molecular flexibility index (Phi) is 4.57. The maximum absolute atomic E-state index is 12.3. The predicted octanol–water partition coefficient (Wildman–Crippen LogP) is 3.02. The van der Waals surface area contributed by atoms with E-state index in [1.807, 2.05) is 55.3 Å². The summed E-state index contributed by atoms with van der Waals surface area (Å²) in [5, 5.41) is 11.6. The van der Waals surface area contributed by atoms with Gasteiger partial charge >= 0.3 is 0 Å². The summed E-state index contributed by atoms with van der Waals surface area (Å²) in [5.41, 5.74) is 2.25. The van der Waals surface area contributed by atoms with E-state index in [4.69, 9.17) is 5.26 Å². The van der Waals surface area contributed by atoms with Crippen LogP contribution in [0.2, 0.25) is 0 Å². The fraction of sp³-hybridized carbons (Fsp3) is 0.176. The van der Waals surface area contributed by atoms with Gasteiger partial charge in [-0.05, 0) is 43.3 Å². The molecule has 1 N–H and O–H groups in total. The van der Waals surface area contributed by atoms with Crippen molar-refractivity contribution < 1.29 is 4.79 Å². The van der Waals surface area contributed by atoms with Crippen LogP contribution in [0.5, 0.6) is 0 Å². The van der Waals surface area contributed by atoms with Crippen molar-refractivity contribution in [3.8, 4) is 6.07 Å². The number of nitrogens with zero attached hydrogens (tertiary/aromatic N) is 2. The van der Waals surface area contributed by atoms with Gasteiger partial charge in [-0.1, -0.05) is 18.2 Å². The van der Waals surface area contributed by atoms with Gasteiger partial charge in [0, 0.05) is 18.4 Å². The minimum atomic E-state index is -0.303. The molecular weight excluding hydrogens is 262 g/mol. The minimum absolute atomic E-state index is 0.0916. The quantitative estimate of drug-likeness (QED) is 0.936. The minimum Gasteiger partial charge on any atom is -0.363 e.